The lowest BCUT2D eigenvalue weighted by Gasteiger charge is -2.26. The summed E-state index contributed by atoms with van der Waals surface area (Å²) in [7, 11) is 0. The van der Waals surface area contributed by atoms with Crippen LogP contribution >= 0.6 is 22.9 Å². The molecule has 0 atom stereocenters. The van der Waals surface area contributed by atoms with E-state index in [-0.39, 0.29) is 0 Å². The van der Waals surface area contributed by atoms with Gasteiger partial charge in [0.1, 0.15) is 0 Å². The highest BCUT2D eigenvalue weighted by Gasteiger charge is 2.16. The number of nitrogens with one attached hydrogen (secondary N) is 1. The molecule has 1 nitrogen and oxygen atoms in total. The Bertz CT molecular complexity index is 502. The Morgan fingerprint density at radius 1 is 1.31 bits per heavy atom. The van der Waals surface area contributed by atoms with Crippen molar-refractivity contribution in [3.8, 4) is 0 Å². The first kappa shape index (κ1) is 10.6. The molecule has 0 bridgehead atoms. The van der Waals surface area contributed by atoms with Crippen LogP contribution in [-0.4, -0.2) is 6.04 Å². The van der Waals surface area contributed by atoms with Gasteiger partial charge in [-0.25, -0.2) is 0 Å². The number of hydrogen-bond donors (Lipinski definition) is 1. The molecule has 1 N–H and O–H groups in total. The van der Waals surface area contributed by atoms with Crippen LogP contribution in [0.15, 0.2) is 24.3 Å². The second-order valence-corrected chi connectivity index (χ2v) is 6.01. The zero-order chi connectivity index (χ0) is 11.0. The Hall–Kier alpha value is -0.570. The summed E-state index contributed by atoms with van der Waals surface area (Å²) in [6.07, 6.45) is 4.08. The number of fused-ring (bicyclic) bond motifs is 1. The van der Waals surface area contributed by atoms with Crippen LogP contribution < -0.4 is 5.32 Å². The Morgan fingerprint density at radius 2 is 2.19 bits per heavy atom. The second-order valence-electron chi connectivity index (χ2n) is 4.40. The molecule has 1 aromatic heterocycles. The average molecular weight is 252 g/mol. The van der Waals surface area contributed by atoms with Crippen LogP contribution in [0.4, 0.5) is 0 Å². The van der Waals surface area contributed by atoms with E-state index < -0.39 is 0 Å². The highest BCUT2D eigenvalue weighted by atomic mass is 35.5. The van der Waals surface area contributed by atoms with Gasteiger partial charge in [0.2, 0.25) is 0 Å². The van der Waals surface area contributed by atoms with Crippen molar-refractivity contribution in [2.45, 2.75) is 31.8 Å². The monoisotopic (exact) mass is 251 g/mol. The Labute approximate surface area is 104 Å². The molecule has 3 heteroatoms. The fourth-order valence-corrected chi connectivity index (χ4v) is 3.19. The SMILES string of the molecule is Clc1ccc2sc(CNC3CCC3)cc2c1. The van der Waals surface area contributed by atoms with Gasteiger partial charge < -0.3 is 5.32 Å². The first-order chi connectivity index (χ1) is 7.81. The minimum Gasteiger partial charge on any atom is -0.309 e. The predicted molar refractivity (Wildman–Crippen MR) is 71.3 cm³/mol. The van der Waals surface area contributed by atoms with Gasteiger partial charge in [-0.15, -0.1) is 11.3 Å². The van der Waals surface area contributed by atoms with Crippen LogP contribution in [0.3, 0.4) is 0 Å². The van der Waals surface area contributed by atoms with Gasteiger partial charge in [-0.05, 0) is 42.5 Å². The molecule has 1 fully saturated rings. The molecule has 0 amide bonds. The number of thiophene rings is 1. The Kier molecular flexibility index (Phi) is 2.88. The maximum Gasteiger partial charge on any atom is 0.0412 e. The van der Waals surface area contributed by atoms with E-state index in [1.807, 2.05) is 23.5 Å². The molecule has 0 saturated heterocycles. The Balaban J connectivity index is 1.76. The van der Waals surface area contributed by atoms with E-state index in [1.54, 1.807) is 0 Å². The summed E-state index contributed by atoms with van der Waals surface area (Å²) in [6.45, 7) is 1.00. The van der Waals surface area contributed by atoms with Gasteiger partial charge in [0.15, 0.2) is 0 Å². The van der Waals surface area contributed by atoms with E-state index in [9.17, 15) is 0 Å². The van der Waals surface area contributed by atoms with Crippen LogP contribution in [0.5, 0.6) is 0 Å². The van der Waals surface area contributed by atoms with Crippen LogP contribution in [-0.2, 0) is 6.54 Å². The molecule has 0 unspecified atom stereocenters. The molecule has 1 heterocycles. The van der Waals surface area contributed by atoms with Gasteiger partial charge >= 0.3 is 0 Å². The largest absolute Gasteiger partial charge is 0.309 e. The van der Waals surface area contributed by atoms with Crippen molar-refractivity contribution in [2.75, 3.05) is 0 Å². The molecule has 0 spiro atoms. The number of hydrogen-bond acceptors (Lipinski definition) is 2. The van der Waals surface area contributed by atoms with E-state index in [4.69, 9.17) is 11.6 Å². The summed E-state index contributed by atoms with van der Waals surface area (Å²) in [6, 6.07) is 9.12. The van der Waals surface area contributed by atoms with Crippen LogP contribution in [0.25, 0.3) is 10.1 Å². The second kappa shape index (κ2) is 4.36. The summed E-state index contributed by atoms with van der Waals surface area (Å²) in [5.41, 5.74) is 0. The van der Waals surface area contributed by atoms with Crippen LogP contribution in [0.2, 0.25) is 5.02 Å². The lowest BCUT2D eigenvalue weighted by atomic mass is 9.93. The zero-order valence-corrected chi connectivity index (χ0v) is 10.6. The standard InChI is InChI=1S/C13H14ClNS/c14-10-4-5-13-9(6-10)7-12(16-13)8-15-11-2-1-3-11/h4-7,11,15H,1-3,8H2. The summed E-state index contributed by atoms with van der Waals surface area (Å²) in [5.74, 6) is 0. The molecule has 1 aliphatic rings. The van der Waals surface area contributed by atoms with Crippen molar-refractivity contribution < 1.29 is 0 Å². The van der Waals surface area contributed by atoms with Crippen molar-refractivity contribution in [1.29, 1.82) is 0 Å². The molecule has 2 aromatic rings. The minimum absolute atomic E-state index is 0.758. The van der Waals surface area contributed by atoms with Gasteiger partial charge in [-0.3, -0.25) is 0 Å². The van der Waals surface area contributed by atoms with E-state index in [2.05, 4.69) is 17.4 Å². The van der Waals surface area contributed by atoms with Gasteiger partial charge in [0, 0.05) is 27.2 Å². The summed E-state index contributed by atoms with van der Waals surface area (Å²) in [4.78, 5) is 1.41. The lowest BCUT2D eigenvalue weighted by Crippen LogP contribution is -2.34. The quantitative estimate of drug-likeness (QED) is 0.862. The number of halogens is 1. The molecule has 16 heavy (non-hydrogen) atoms. The molecule has 1 aliphatic carbocycles. The highest BCUT2D eigenvalue weighted by Crippen LogP contribution is 2.28. The molecular formula is C13H14ClNS. The van der Waals surface area contributed by atoms with E-state index in [1.165, 1.54) is 34.2 Å². The molecule has 1 aromatic carbocycles. The smallest absolute Gasteiger partial charge is 0.0412 e. The van der Waals surface area contributed by atoms with E-state index in [0.717, 1.165) is 17.6 Å². The third-order valence-corrected chi connectivity index (χ3v) is 4.55. The molecule has 0 radical (unpaired) electrons. The predicted octanol–water partition coefficient (Wildman–Crippen LogP) is 4.20. The first-order valence-electron chi connectivity index (χ1n) is 5.72. The first-order valence-corrected chi connectivity index (χ1v) is 6.92. The molecular weight excluding hydrogens is 238 g/mol. The minimum atomic E-state index is 0.758. The van der Waals surface area contributed by atoms with Crippen LogP contribution in [0.1, 0.15) is 24.1 Å². The number of benzene rings is 1. The zero-order valence-electron chi connectivity index (χ0n) is 9.00. The van der Waals surface area contributed by atoms with Gasteiger partial charge in [-0.1, -0.05) is 18.0 Å². The number of rotatable bonds is 3. The fourth-order valence-electron chi connectivity index (χ4n) is 2.01. The average Bonchev–Trinajstić information content (AvgIpc) is 2.57. The van der Waals surface area contributed by atoms with Crippen LogP contribution in [0, 0.1) is 0 Å². The van der Waals surface area contributed by atoms with Gasteiger partial charge in [0.25, 0.3) is 0 Å². The molecule has 1 saturated carbocycles. The Morgan fingerprint density at radius 3 is 2.94 bits per heavy atom. The highest BCUT2D eigenvalue weighted by molar-refractivity contribution is 7.19. The van der Waals surface area contributed by atoms with Crippen molar-refractivity contribution in [2.24, 2.45) is 0 Å². The topological polar surface area (TPSA) is 12.0 Å². The maximum absolute atomic E-state index is 5.98. The van der Waals surface area contributed by atoms with Gasteiger partial charge in [-0.2, -0.15) is 0 Å². The molecule has 84 valence electrons. The van der Waals surface area contributed by atoms with Crippen molar-refractivity contribution in [1.82, 2.24) is 5.32 Å². The summed E-state index contributed by atoms with van der Waals surface area (Å²) in [5, 5.41) is 5.68. The normalized spacial score (nSPS) is 16.6. The van der Waals surface area contributed by atoms with E-state index >= 15 is 0 Å². The third-order valence-electron chi connectivity index (χ3n) is 3.20. The van der Waals surface area contributed by atoms with Crippen molar-refractivity contribution >= 4 is 33.0 Å². The molecule has 3 rings (SSSR count). The van der Waals surface area contributed by atoms with Crippen molar-refractivity contribution in [3.63, 3.8) is 0 Å². The fraction of sp³-hybridized carbons (Fsp3) is 0.385. The third kappa shape index (κ3) is 2.10. The maximum atomic E-state index is 5.98. The van der Waals surface area contributed by atoms with Crippen molar-refractivity contribution in [3.05, 3.63) is 34.2 Å². The van der Waals surface area contributed by atoms with Gasteiger partial charge in [0.05, 0.1) is 0 Å². The molecule has 0 aliphatic heterocycles. The summed E-state index contributed by atoms with van der Waals surface area (Å²) < 4.78 is 1.33. The summed E-state index contributed by atoms with van der Waals surface area (Å²) >= 11 is 7.84. The van der Waals surface area contributed by atoms with E-state index in [0.29, 0.717) is 0 Å². The lowest BCUT2D eigenvalue weighted by molar-refractivity contribution is 0.339.